The van der Waals surface area contributed by atoms with Gasteiger partial charge in [0.15, 0.2) is 5.11 Å². The van der Waals surface area contributed by atoms with Crippen LogP contribution in [0, 0.1) is 5.92 Å². The molecular weight excluding hydrogens is 208 g/mol. The van der Waals surface area contributed by atoms with E-state index in [9.17, 15) is 5.11 Å². The first-order valence-corrected chi connectivity index (χ1v) is 5.41. The van der Waals surface area contributed by atoms with Crippen molar-refractivity contribution in [3.05, 3.63) is 30.3 Å². The molecule has 1 aromatic rings. The van der Waals surface area contributed by atoms with Gasteiger partial charge in [-0.3, -0.25) is 4.90 Å². The van der Waals surface area contributed by atoms with Gasteiger partial charge in [0.2, 0.25) is 0 Å². The molecule has 1 saturated heterocycles. The molecule has 80 valence electrons. The number of thiocarbonyl (C=S) groups is 1. The molecule has 2 unspecified atom stereocenters. The van der Waals surface area contributed by atoms with E-state index >= 15 is 0 Å². The zero-order valence-corrected chi connectivity index (χ0v) is 9.37. The lowest BCUT2D eigenvalue weighted by molar-refractivity contribution is 0.118. The molecule has 0 saturated carbocycles. The largest absolute Gasteiger partial charge is 0.373 e. The number of nitrogens with zero attached hydrogens (tertiary/aromatic N) is 1. The summed E-state index contributed by atoms with van der Waals surface area (Å²) in [7, 11) is 0. The number of aliphatic hydroxyl groups excluding tert-OH is 1. The second kappa shape index (κ2) is 4.16. The third-order valence-electron chi connectivity index (χ3n) is 2.60. The average molecular weight is 222 g/mol. The Labute approximate surface area is 94.7 Å². The Morgan fingerprint density at radius 3 is 2.73 bits per heavy atom. The zero-order valence-electron chi connectivity index (χ0n) is 8.55. The fraction of sp³-hybridized carbons (Fsp3) is 0.364. The van der Waals surface area contributed by atoms with E-state index in [4.69, 9.17) is 12.2 Å². The van der Waals surface area contributed by atoms with Crippen molar-refractivity contribution in [2.24, 2.45) is 5.92 Å². The van der Waals surface area contributed by atoms with Crippen LogP contribution in [0.2, 0.25) is 0 Å². The molecule has 3 nitrogen and oxygen atoms in total. The van der Waals surface area contributed by atoms with Crippen molar-refractivity contribution < 1.29 is 5.11 Å². The maximum absolute atomic E-state index is 10.1. The molecule has 2 N–H and O–H groups in total. The second-order valence-corrected chi connectivity index (χ2v) is 4.17. The van der Waals surface area contributed by atoms with Crippen molar-refractivity contribution in [1.29, 1.82) is 0 Å². The quantitative estimate of drug-likeness (QED) is 0.703. The van der Waals surface area contributed by atoms with Gasteiger partial charge in [-0.1, -0.05) is 25.1 Å². The number of benzene rings is 1. The summed E-state index contributed by atoms with van der Waals surface area (Å²) in [6.07, 6.45) is -0.541. The van der Waals surface area contributed by atoms with Gasteiger partial charge in [0.05, 0.1) is 0 Å². The van der Waals surface area contributed by atoms with Gasteiger partial charge in [-0.15, -0.1) is 0 Å². The Balaban J connectivity index is 2.29. The summed E-state index contributed by atoms with van der Waals surface area (Å²) in [6.45, 7) is 2.72. The molecule has 2 rings (SSSR count). The Morgan fingerprint density at radius 1 is 1.40 bits per heavy atom. The number of hydrogen-bond acceptors (Lipinski definition) is 2. The summed E-state index contributed by atoms with van der Waals surface area (Å²) < 4.78 is 0. The summed E-state index contributed by atoms with van der Waals surface area (Å²) in [4.78, 5) is 1.75. The maximum atomic E-state index is 10.1. The number of rotatable bonds is 1. The molecule has 1 aromatic carbocycles. The first kappa shape index (κ1) is 10.4. The van der Waals surface area contributed by atoms with Crippen LogP contribution < -0.4 is 10.2 Å². The highest BCUT2D eigenvalue weighted by atomic mass is 32.1. The predicted molar refractivity (Wildman–Crippen MR) is 64.7 cm³/mol. The lowest BCUT2D eigenvalue weighted by Gasteiger charge is -2.38. The van der Waals surface area contributed by atoms with Gasteiger partial charge in [0.1, 0.15) is 6.23 Å². The zero-order chi connectivity index (χ0) is 10.8. The first-order valence-electron chi connectivity index (χ1n) is 5.00. The number of para-hydroxylation sites is 1. The lowest BCUT2D eigenvalue weighted by atomic mass is 10.1. The molecule has 0 aliphatic carbocycles. The topological polar surface area (TPSA) is 35.5 Å². The van der Waals surface area contributed by atoms with Gasteiger partial charge in [-0.2, -0.15) is 0 Å². The Hall–Kier alpha value is -1.13. The maximum Gasteiger partial charge on any atom is 0.175 e. The number of aliphatic hydroxyl groups is 1. The molecule has 1 fully saturated rings. The SMILES string of the molecule is CC1CNC(=S)N(c2ccccc2)C1O. The van der Waals surface area contributed by atoms with Gasteiger partial charge in [0.25, 0.3) is 0 Å². The van der Waals surface area contributed by atoms with Crippen LogP contribution in [0.4, 0.5) is 5.69 Å². The molecular formula is C11H14N2OS. The summed E-state index contributed by atoms with van der Waals surface area (Å²) in [5.74, 6) is 0.164. The molecule has 1 aliphatic rings. The Morgan fingerprint density at radius 2 is 2.07 bits per heavy atom. The van der Waals surface area contributed by atoms with Gasteiger partial charge >= 0.3 is 0 Å². The molecule has 0 radical (unpaired) electrons. The normalized spacial score (nSPS) is 26.3. The molecule has 15 heavy (non-hydrogen) atoms. The van der Waals surface area contributed by atoms with Crippen molar-refractivity contribution in [2.45, 2.75) is 13.2 Å². The van der Waals surface area contributed by atoms with Crippen LogP contribution in [0.25, 0.3) is 0 Å². The highest BCUT2D eigenvalue weighted by Crippen LogP contribution is 2.22. The molecule has 0 aromatic heterocycles. The van der Waals surface area contributed by atoms with Crippen molar-refractivity contribution in [3.63, 3.8) is 0 Å². The minimum atomic E-state index is -0.541. The van der Waals surface area contributed by atoms with Crippen molar-refractivity contribution in [1.82, 2.24) is 5.32 Å². The highest BCUT2D eigenvalue weighted by molar-refractivity contribution is 7.80. The third kappa shape index (κ3) is 1.96. The molecule has 1 aliphatic heterocycles. The molecule has 2 atom stereocenters. The number of nitrogens with one attached hydrogen (secondary N) is 1. The molecule has 4 heteroatoms. The third-order valence-corrected chi connectivity index (χ3v) is 2.94. The molecule has 0 bridgehead atoms. The summed E-state index contributed by atoms with van der Waals surface area (Å²) in [5.41, 5.74) is 0.925. The van der Waals surface area contributed by atoms with Crippen LogP contribution in [-0.2, 0) is 0 Å². The van der Waals surface area contributed by atoms with E-state index in [1.165, 1.54) is 0 Å². The van der Waals surface area contributed by atoms with Gasteiger partial charge < -0.3 is 10.4 Å². The monoisotopic (exact) mass is 222 g/mol. The van der Waals surface area contributed by atoms with E-state index in [0.29, 0.717) is 5.11 Å². The van der Waals surface area contributed by atoms with Gasteiger partial charge in [-0.25, -0.2) is 0 Å². The molecule has 1 heterocycles. The average Bonchev–Trinajstić information content (AvgIpc) is 2.26. The predicted octanol–water partition coefficient (Wildman–Crippen LogP) is 1.34. The molecule has 0 amide bonds. The standard InChI is InChI=1S/C11H14N2OS/c1-8-7-12-11(15)13(10(8)14)9-5-3-2-4-6-9/h2-6,8,10,14H,7H2,1H3,(H,12,15). The summed E-state index contributed by atoms with van der Waals surface area (Å²) >= 11 is 5.19. The number of hydrogen-bond donors (Lipinski definition) is 2. The highest BCUT2D eigenvalue weighted by Gasteiger charge is 2.30. The van der Waals surface area contributed by atoms with Crippen molar-refractivity contribution in [2.75, 3.05) is 11.4 Å². The molecule has 0 spiro atoms. The van der Waals surface area contributed by atoms with E-state index in [0.717, 1.165) is 12.2 Å². The Bertz CT molecular complexity index is 355. The second-order valence-electron chi connectivity index (χ2n) is 3.78. The lowest BCUT2D eigenvalue weighted by Crippen LogP contribution is -2.56. The van der Waals surface area contributed by atoms with Crippen LogP contribution >= 0.6 is 12.2 Å². The van der Waals surface area contributed by atoms with Crippen molar-refractivity contribution in [3.8, 4) is 0 Å². The Kier molecular flexibility index (Phi) is 2.88. The van der Waals surface area contributed by atoms with Crippen LogP contribution in [0.15, 0.2) is 30.3 Å². The van der Waals surface area contributed by atoms with E-state index in [-0.39, 0.29) is 5.92 Å². The van der Waals surface area contributed by atoms with Crippen LogP contribution in [0.5, 0.6) is 0 Å². The smallest absolute Gasteiger partial charge is 0.175 e. The van der Waals surface area contributed by atoms with E-state index in [2.05, 4.69) is 5.32 Å². The fourth-order valence-corrected chi connectivity index (χ4v) is 1.97. The minimum Gasteiger partial charge on any atom is -0.373 e. The van der Waals surface area contributed by atoms with Crippen LogP contribution in [0.3, 0.4) is 0 Å². The first-order chi connectivity index (χ1) is 7.20. The minimum absolute atomic E-state index is 0.164. The fourth-order valence-electron chi connectivity index (χ4n) is 1.67. The van der Waals surface area contributed by atoms with Gasteiger partial charge in [0, 0.05) is 18.2 Å². The number of anilines is 1. The van der Waals surface area contributed by atoms with E-state index < -0.39 is 6.23 Å². The summed E-state index contributed by atoms with van der Waals surface area (Å²) in [5, 5.41) is 13.8. The van der Waals surface area contributed by atoms with E-state index in [1.807, 2.05) is 37.3 Å². The van der Waals surface area contributed by atoms with Crippen LogP contribution in [-0.4, -0.2) is 23.0 Å². The summed E-state index contributed by atoms with van der Waals surface area (Å²) in [6, 6.07) is 9.69. The van der Waals surface area contributed by atoms with Crippen molar-refractivity contribution >= 4 is 23.0 Å². The van der Waals surface area contributed by atoms with Crippen LogP contribution in [0.1, 0.15) is 6.92 Å². The van der Waals surface area contributed by atoms with E-state index in [1.54, 1.807) is 4.90 Å². The van der Waals surface area contributed by atoms with Gasteiger partial charge in [-0.05, 0) is 24.4 Å².